The van der Waals surface area contributed by atoms with Crippen LogP contribution in [0.4, 0.5) is 20.6 Å². The summed E-state index contributed by atoms with van der Waals surface area (Å²) in [7, 11) is 1.57. The van der Waals surface area contributed by atoms with Gasteiger partial charge in [0.15, 0.2) is 0 Å². The minimum Gasteiger partial charge on any atom is -0.497 e. The van der Waals surface area contributed by atoms with E-state index in [4.69, 9.17) is 14.2 Å². The van der Waals surface area contributed by atoms with Gasteiger partial charge in [0.2, 0.25) is 5.91 Å². The van der Waals surface area contributed by atoms with Crippen molar-refractivity contribution in [2.24, 2.45) is 0 Å². The molecule has 39 heavy (non-hydrogen) atoms. The van der Waals surface area contributed by atoms with E-state index in [1.165, 1.54) is 6.07 Å². The molecule has 2 heterocycles. The van der Waals surface area contributed by atoms with E-state index in [0.29, 0.717) is 34.9 Å². The summed E-state index contributed by atoms with van der Waals surface area (Å²) in [6, 6.07) is 18.2. The molecule has 0 radical (unpaired) electrons. The highest BCUT2D eigenvalue weighted by Crippen LogP contribution is 2.47. The molecular formula is C29H30FN3O6. The lowest BCUT2D eigenvalue weighted by molar-refractivity contribution is -0.142. The van der Waals surface area contributed by atoms with E-state index >= 15 is 0 Å². The van der Waals surface area contributed by atoms with Crippen molar-refractivity contribution in [3.05, 3.63) is 83.7 Å². The summed E-state index contributed by atoms with van der Waals surface area (Å²) < 4.78 is 31.1. The summed E-state index contributed by atoms with van der Waals surface area (Å²) >= 11 is 0. The number of rotatable bonds is 8. The van der Waals surface area contributed by atoms with Crippen molar-refractivity contribution in [1.29, 1.82) is 0 Å². The number of aliphatic hydroxyl groups excluding tert-OH is 1. The molecule has 4 N–H and O–H groups in total. The highest BCUT2D eigenvalue weighted by molar-refractivity contribution is 5.99. The molecule has 0 unspecified atom stereocenters. The number of fused-ring (bicyclic) bond motifs is 3. The molecule has 0 spiro atoms. The van der Waals surface area contributed by atoms with Gasteiger partial charge < -0.3 is 35.3 Å². The van der Waals surface area contributed by atoms with Crippen molar-refractivity contribution >= 4 is 23.3 Å². The molecule has 5 rings (SSSR count). The van der Waals surface area contributed by atoms with Gasteiger partial charge in [-0.2, -0.15) is 0 Å². The minimum atomic E-state index is -0.615. The quantitative estimate of drug-likeness (QED) is 0.344. The Morgan fingerprint density at radius 3 is 2.54 bits per heavy atom. The van der Waals surface area contributed by atoms with E-state index in [-0.39, 0.29) is 37.2 Å². The molecule has 0 bridgehead atoms. The van der Waals surface area contributed by atoms with Crippen molar-refractivity contribution in [1.82, 2.24) is 5.32 Å². The van der Waals surface area contributed by atoms with E-state index in [9.17, 15) is 19.1 Å². The van der Waals surface area contributed by atoms with Gasteiger partial charge in [0.25, 0.3) is 0 Å². The lowest BCUT2D eigenvalue weighted by Gasteiger charge is -2.37. The fourth-order valence-corrected chi connectivity index (χ4v) is 5.05. The summed E-state index contributed by atoms with van der Waals surface area (Å²) in [5.41, 5.74) is 2.47. The highest BCUT2D eigenvalue weighted by Gasteiger charge is 2.46. The SMILES string of the molecule is COc1ccc(NC(=O)Nc2ccc3c(c2)[C@@H]2C[C@@H](CC(=O)NCc4ccccc4F)O[C@H](CO)[C@@H]2O3)cc1. The summed E-state index contributed by atoms with van der Waals surface area (Å²) in [5.74, 6) is 0.548. The third-order valence-corrected chi connectivity index (χ3v) is 6.95. The monoisotopic (exact) mass is 535 g/mol. The van der Waals surface area contributed by atoms with Gasteiger partial charge in [0.05, 0.1) is 26.2 Å². The first-order valence-electron chi connectivity index (χ1n) is 12.7. The number of nitrogens with one attached hydrogen (secondary N) is 3. The summed E-state index contributed by atoms with van der Waals surface area (Å²) in [6.45, 7) is -0.189. The number of methoxy groups -OCH3 is 1. The fraction of sp³-hybridized carbons (Fsp3) is 0.310. The molecule has 3 amide bonds. The highest BCUT2D eigenvalue weighted by atomic mass is 19.1. The maximum atomic E-state index is 13.9. The molecule has 10 heteroatoms. The Hall–Kier alpha value is -4.15. The van der Waals surface area contributed by atoms with E-state index < -0.39 is 24.3 Å². The van der Waals surface area contributed by atoms with Gasteiger partial charge in [0.1, 0.15) is 29.5 Å². The Bertz CT molecular complexity index is 1330. The number of amides is 3. The van der Waals surface area contributed by atoms with Crippen LogP contribution in [0.1, 0.15) is 29.9 Å². The molecule has 4 atom stereocenters. The van der Waals surface area contributed by atoms with Crippen LogP contribution in [0.3, 0.4) is 0 Å². The third-order valence-electron chi connectivity index (χ3n) is 6.95. The molecule has 204 valence electrons. The van der Waals surface area contributed by atoms with Crippen molar-refractivity contribution in [3.63, 3.8) is 0 Å². The molecule has 0 saturated carbocycles. The molecule has 2 aliphatic rings. The molecule has 0 aliphatic carbocycles. The van der Waals surface area contributed by atoms with Crippen LogP contribution in [0.5, 0.6) is 11.5 Å². The van der Waals surface area contributed by atoms with Crippen LogP contribution >= 0.6 is 0 Å². The number of hydrogen-bond donors (Lipinski definition) is 4. The molecule has 2 aliphatic heterocycles. The lowest BCUT2D eigenvalue weighted by Crippen LogP contribution is -2.47. The van der Waals surface area contributed by atoms with Crippen LogP contribution < -0.4 is 25.4 Å². The average molecular weight is 536 g/mol. The minimum absolute atomic E-state index is 0.0612. The van der Waals surface area contributed by atoms with E-state index in [1.807, 2.05) is 6.07 Å². The van der Waals surface area contributed by atoms with E-state index in [0.717, 1.165) is 5.56 Å². The van der Waals surface area contributed by atoms with Crippen molar-refractivity contribution < 1.29 is 33.3 Å². The number of aliphatic hydroxyl groups is 1. The van der Waals surface area contributed by atoms with E-state index in [2.05, 4.69) is 16.0 Å². The lowest BCUT2D eigenvalue weighted by atomic mass is 9.84. The topological polar surface area (TPSA) is 118 Å². The zero-order valence-electron chi connectivity index (χ0n) is 21.4. The Labute approximate surface area is 225 Å². The maximum Gasteiger partial charge on any atom is 0.323 e. The summed E-state index contributed by atoms with van der Waals surface area (Å²) in [4.78, 5) is 25.2. The number of hydrogen-bond acceptors (Lipinski definition) is 6. The van der Waals surface area contributed by atoms with Crippen LogP contribution in [0.15, 0.2) is 66.7 Å². The number of anilines is 2. The van der Waals surface area contributed by atoms with Gasteiger partial charge in [0, 0.05) is 35.0 Å². The largest absolute Gasteiger partial charge is 0.497 e. The summed E-state index contributed by atoms with van der Waals surface area (Å²) in [6.07, 6.45) is -0.941. The normalized spacial score (nSPS) is 21.2. The molecule has 3 aromatic carbocycles. The molecule has 1 saturated heterocycles. The average Bonchev–Trinajstić information content (AvgIpc) is 3.30. The summed E-state index contributed by atoms with van der Waals surface area (Å²) in [5, 5.41) is 18.3. The van der Waals surface area contributed by atoms with Gasteiger partial charge in [-0.3, -0.25) is 4.79 Å². The Morgan fingerprint density at radius 1 is 1.05 bits per heavy atom. The van der Waals surface area contributed by atoms with E-state index in [1.54, 1.807) is 61.7 Å². The predicted octanol–water partition coefficient (Wildman–Crippen LogP) is 4.18. The first kappa shape index (κ1) is 26.5. The third kappa shape index (κ3) is 6.13. The van der Waals surface area contributed by atoms with Crippen LogP contribution in [-0.4, -0.2) is 49.1 Å². The Kier molecular flexibility index (Phi) is 7.94. The first-order chi connectivity index (χ1) is 18.9. The second kappa shape index (κ2) is 11.7. The number of carbonyl (C=O) groups is 2. The van der Waals surface area contributed by atoms with Crippen molar-refractivity contribution in [2.45, 2.75) is 43.6 Å². The van der Waals surface area contributed by atoms with Crippen molar-refractivity contribution in [3.8, 4) is 11.5 Å². The van der Waals surface area contributed by atoms with Crippen LogP contribution in [-0.2, 0) is 16.1 Å². The van der Waals surface area contributed by atoms with Gasteiger partial charge in [-0.15, -0.1) is 0 Å². The second-order valence-corrected chi connectivity index (χ2v) is 9.54. The molecule has 1 fully saturated rings. The number of benzene rings is 3. The zero-order chi connectivity index (χ0) is 27.4. The molecule has 3 aromatic rings. The van der Waals surface area contributed by atoms with Crippen LogP contribution in [0.25, 0.3) is 0 Å². The zero-order valence-corrected chi connectivity index (χ0v) is 21.4. The Balaban J connectivity index is 1.22. The number of carbonyl (C=O) groups excluding carboxylic acids is 2. The van der Waals surface area contributed by atoms with Crippen LogP contribution in [0, 0.1) is 5.82 Å². The predicted molar refractivity (Wildman–Crippen MR) is 142 cm³/mol. The van der Waals surface area contributed by atoms with Gasteiger partial charge >= 0.3 is 6.03 Å². The molecule has 0 aromatic heterocycles. The fourth-order valence-electron chi connectivity index (χ4n) is 5.05. The van der Waals surface area contributed by atoms with Crippen molar-refractivity contribution in [2.75, 3.05) is 24.4 Å². The number of urea groups is 1. The Morgan fingerprint density at radius 2 is 1.79 bits per heavy atom. The number of ether oxygens (including phenoxy) is 3. The standard InChI is InChI=1S/C29H30FN3O6/c1-37-20-9-6-18(7-10-20)32-29(36)33-19-8-11-25-22(12-19)23-13-21(38-26(16-34)28(23)39-25)14-27(35)31-15-17-4-2-3-5-24(17)30/h2-12,21,23,26,28,34H,13-16H2,1H3,(H,31,35)(H2,32,33,36)/t21-,23-,26+,28+/m0/s1. The molecule has 9 nitrogen and oxygen atoms in total. The maximum absolute atomic E-state index is 13.9. The molecular weight excluding hydrogens is 505 g/mol. The van der Waals surface area contributed by atoms with Gasteiger partial charge in [-0.1, -0.05) is 18.2 Å². The van der Waals surface area contributed by atoms with Crippen LogP contribution in [0.2, 0.25) is 0 Å². The first-order valence-corrected chi connectivity index (χ1v) is 12.7. The smallest absolute Gasteiger partial charge is 0.323 e. The second-order valence-electron chi connectivity index (χ2n) is 9.54. The van der Waals surface area contributed by atoms with Gasteiger partial charge in [-0.25, -0.2) is 9.18 Å². The number of halogens is 1. The van der Waals surface area contributed by atoms with Gasteiger partial charge in [-0.05, 0) is 55.0 Å².